The summed E-state index contributed by atoms with van der Waals surface area (Å²) in [7, 11) is 0. The van der Waals surface area contributed by atoms with E-state index in [1.54, 1.807) is 6.08 Å². The molecule has 0 aromatic heterocycles. The predicted molar refractivity (Wildman–Crippen MR) is 92.4 cm³/mol. The number of allylic oxidation sites excluding steroid dienone is 1. The molecule has 0 spiro atoms. The zero-order valence-electron chi connectivity index (χ0n) is 16.5. The Morgan fingerprint density at radius 2 is 1.52 bits per heavy atom. The molecule has 150 valence electrons. The zero-order chi connectivity index (χ0) is 20.4. The molecule has 10 heteroatoms. The van der Waals surface area contributed by atoms with Crippen molar-refractivity contribution in [2.24, 2.45) is 0 Å². The normalized spacial score (nSPS) is 15.5. The smallest absolute Gasteiger partial charge is 0.548 e. The van der Waals surface area contributed by atoms with Crippen LogP contribution in [0.1, 0.15) is 33.6 Å². The average Bonchev–Trinajstić information content (AvgIpc) is 2.57. The van der Waals surface area contributed by atoms with Gasteiger partial charge in [-0.2, -0.15) is 0 Å². The summed E-state index contributed by atoms with van der Waals surface area (Å²) in [5, 5.41) is 39.6. The summed E-state index contributed by atoms with van der Waals surface area (Å²) in [4.78, 5) is 36.4. The first-order chi connectivity index (χ1) is 12.0. The van der Waals surface area contributed by atoms with E-state index in [1.165, 1.54) is 30.6 Å². The zero-order valence-corrected chi connectivity index (χ0v) is 19.6. The second kappa shape index (κ2) is 14.6. The van der Waals surface area contributed by atoms with E-state index in [2.05, 4.69) is 6.58 Å². The van der Waals surface area contributed by atoms with Crippen molar-refractivity contribution in [1.82, 2.24) is 9.80 Å². The molecule has 4 unspecified atom stereocenters. The van der Waals surface area contributed by atoms with Crippen LogP contribution in [0.2, 0.25) is 0 Å². The van der Waals surface area contributed by atoms with Crippen LogP contribution in [0.3, 0.4) is 0 Å². The maximum absolute atomic E-state index is 11.2. The minimum absolute atomic E-state index is 0. The van der Waals surface area contributed by atoms with Crippen molar-refractivity contribution in [2.45, 2.75) is 57.8 Å². The first-order valence-electron chi connectivity index (χ1n) is 8.48. The van der Waals surface area contributed by atoms with Crippen molar-refractivity contribution >= 4 is 17.9 Å². The van der Waals surface area contributed by atoms with Crippen LogP contribution in [-0.2, 0) is 14.4 Å². The Labute approximate surface area is 202 Å². The van der Waals surface area contributed by atoms with Crippen LogP contribution in [0.25, 0.3) is 0 Å². The van der Waals surface area contributed by atoms with Gasteiger partial charge < -0.3 is 25.2 Å². The number of carbonyl (C=O) groups excluding carboxylic acids is 1. The summed E-state index contributed by atoms with van der Waals surface area (Å²) >= 11 is 0. The first kappa shape index (κ1) is 28.9. The summed E-state index contributed by atoms with van der Waals surface area (Å²) in [5.74, 6) is -3.68. The fourth-order valence-electron chi connectivity index (χ4n) is 2.51. The molecule has 0 aliphatic carbocycles. The summed E-state index contributed by atoms with van der Waals surface area (Å²) in [6.45, 7) is 7.81. The van der Waals surface area contributed by atoms with Crippen LogP contribution in [0.15, 0.2) is 12.7 Å². The Morgan fingerprint density at radius 3 is 1.89 bits per heavy atom. The van der Waals surface area contributed by atoms with Gasteiger partial charge in [0.05, 0.1) is 12.1 Å². The molecular weight excluding hydrogens is 383 g/mol. The maximum Gasteiger partial charge on any atom is 1.00 e. The molecule has 0 fully saturated rings. The SMILES string of the molecule is C=CCCC(O)CN(CCN(C(C)C(=O)O)C(C)C(=O)O)C(C)C(=O)[O-].[K+]. The van der Waals surface area contributed by atoms with Crippen molar-refractivity contribution in [3.05, 3.63) is 12.7 Å². The van der Waals surface area contributed by atoms with Gasteiger partial charge in [0, 0.05) is 25.7 Å². The molecule has 4 atom stereocenters. The second-order valence-corrected chi connectivity index (χ2v) is 6.28. The summed E-state index contributed by atoms with van der Waals surface area (Å²) < 4.78 is 0. The van der Waals surface area contributed by atoms with Gasteiger partial charge in [-0.05, 0) is 33.6 Å². The third-order valence-electron chi connectivity index (χ3n) is 4.39. The minimum Gasteiger partial charge on any atom is -0.548 e. The van der Waals surface area contributed by atoms with Crippen molar-refractivity contribution in [2.75, 3.05) is 19.6 Å². The van der Waals surface area contributed by atoms with Crippen LogP contribution in [0.4, 0.5) is 0 Å². The number of nitrogens with zero attached hydrogens (tertiary/aromatic N) is 2. The fraction of sp³-hybridized carbons (Fsp3) is 0.706. The number of rotatable bonds is 14. The number of aliphatic hydroxyl groups is 1. The van der Waals surface area contributed by atoms with Gasteiger partial charge in [-0.3, -0.25) is 19.4 Å². The van der Waals surface area contributed by atoms with Gasteiger partial charge in [0.2, 0.25) is 0 Å². The Bertz CT molecular complexity index is 484. The average molecular weight is 413 g/mol. The number of carbonyl (C=O) groups is 3. The summed E-state index contributed by atoms with van der Waals surface area (Å²) in [5.41, 5.74) is 0. The molecule has 0 saturated carbocycles. The van der Waals surface area contributed by atoms with Crippen molar-refractivity contribution in [3.63, 3.8) is 0 Å². The van der Waals surface area contributed by atoms with Gasteiger partial charge in [-0.25, -0.2) is 0 Å². The van der Waals surface area contributed by atoms with Crippen molar-refractivity contribution < 1.29 is 86.2 Å². The maximum atomic E-state index is 11.2. The molecule has 0 aromatic carbocycles. The number of hydrogen-bond acceptors (Lipinski definition) is 7. The van der Waals surface area contributed by atoms with Gasteiger partial charge >= 0.3 is 63.3 Å². The van der Waals surface area contributed by atoms with E-state index in [9.17, 15) is 34.8 Å². The largest absolute Gasteiger partial charge is 1.00 e. The van der Waals surface area contributed by atoms with E-state index in [-0.39, 0.29) is 71.0 Å². The van der Waals surface area contributed by atoms with E-state index < -0.39 is 42.1 Å². The second-order valence-electron chi connectivity index (χ2n) is 6.28. The molecule has 0 aromatic rings. The topological polar surface area (TPSA) is 141 Å². The Kier molecular flexibility index (Phi) is 15.6. The van der Waals surface area contributed by atoms with E-state index in [1.807, 2.05) is 0 Å². The molecular formula is C17H29KN2O7. The summed E-state index contributed by atoms with van der Waals surface area (Å²) in [6.07, 6.45) is 1.81. The third-order valence-corrected chi connectivity index (χ3v) is 4.39. The predicted octanol–water partition coefficient (Wildman–Crippen LogP) is -3.99. The number of carboxylic acids is 3. The Balaban J connectivity index is 0. The molecule has 0 aliphatic heterocycles. The summed E-state index contributed by atoms with van der Waals surface area (Å²) in [6, 6.07) is -3.14. The molecule has 0 saturated heterocycles. The molecule has 27 heavy (non-hydrogen) atoms. The molecule has 0 aliphatic rings. The number of hydrogen-bond donors (Lipinski definition) is 3. The van der Waals surface area contributed by atoms with Crippen LogP contribution in [-0.4, -0.2) is 86.9 Å². The third kappa shape index (κ3) is 10.7. The molecule has 0 radical (unpaired) electrons. The van der Waals surface area contributed by atoms with Gasteiger partial charge in [0.15, 0.2) is 0 Å². The van der Waals surface area contributed by atoms with Crippen LogP contribution in [0.5, 0.6) is 0 Å². The van der Waals surface area contributed by atoms with E-state index in [0.717, 1.165) is 0 Å². The van der Waals surface area contributed by atoms with Gasteiger partial charge in [0.25, 0.3) is 0 Å². The number of aliphatic carboxylic acids is 3. The van der Waals surface area contributed by atoms with Crippen LogP contribution >= 0.6 is 0 Å². The van der Waals surface area contributed by atoms with Crippen LogP contribution < -0.4 is 56.5 Å². The van der Waals surface area contributed by atoms with Gasteiger partial charge in [-0.1, -0.05) is 6.08 Å². The molecule has 0 rings (SSSR count). The quantitative estimate of drug-likeness (QED) is 0.192. The number of aliphatic hydroxyl groups excluding tert-OH is 1. The molecule has 0 amide bonds. The standard InChI is InChI=1S/C17H30N2O7.K/c1-5-6-7-14(20)10-18(11(2)15(21)22)8-9-19(12(3)16(23)24)13(4)17(25)26;/h5,11-14,20H,1,6-10H2,2-4H3,(H,21,22)(H,23,24)(H,25,26);/q;+1/p-1. The van der Waals surface area contributed by atoms with Crippen LogP contribution in [0, 0.1) is 0 Å². The van der Waals surface area contributed by atoms with Gasteiger partial charge in [0.1, 0.15) is 12.1 Å². The molecule has 0 heterocycles. The molecule has 0 bridgehead atoms. The Morgan fingerprint density at radius 1 is 1.04 bits per heavy atom. The van der Waals surface area contributed by atoms with E-state index >= 15 is 0 Å². The molecule has 3 N–H and O–H groups in total. The molecule has 9 nitrogen and oxygen atoms in total. The van der Waals surface area contributed by atoms with E-state index in [4.69, 9.17) is 0 Å². The minimum atomic E-state index is -1.33. The Hall–Kier alpha value is -0.334. The van der Waals surface area contributed by atoms with Crippen molar-refractivity contribution in [3.8, 4) is 0 Å². The van der Waals surface area contributed by atoms with Gasteiger partial charge in [-0.15, -0.1) is 6.58 Å². The monoisotopic (exact) mass is 412 g/mol. The van der Waals surface area contributed by atoms with E-state index in [0.29, 0.717) is 12.8 Å². The first-order valence-corrected chi connectivity index (χ1v) is 8.48. The van der Waals surface area contributed by atoms with Crippen molar-refractivity contribution in [1.29, 1.82) is 0 Å². The fourth-order valence-corrected chi connectivity index (χ4v) is 2.51. The number of carboxylic acid groups (broad SMARTS) is 3.